The molecule has 3 nitrogen and oxygen atoms in total. The van der Waals surface area contributed by atoms with Gasteiger partial charge < -0.3 is 10.2 Å². The van der Waals surface area contributed by atoms with Crippen LogP contribution < -0.4 is 10.2 Å². The standard InChI is InChI=1S/C15H20BrFN2O/c1-10(2)14(16)15(20)18-11-5-6-13(12(17)9-11)19-7-3-4-8-19/h5-6,9-10,14H,3-4,7-8H2,1-2H3,(H,18,20). The molecule has 5 heteroatoms. The molecule has 1 unspecified atom stereocenters. The smallest absolute Gasteiger partial charge is 0.238 e. The van der Waals surface area contributed by atoms with Crippen LogP contribution in [0.1, 0.15) is 26.7 Å². The fourth-order valence-electron chi connectivity index (χ4n) is 2.31. The number of nitrogens with zero attached hydrogens (tertiary/aromatic N) is 1. The average Bonchev–Trinajstić information content (AvgIpc) is 2.91. The lowest BCUT2D eigenvalue weighted by Crippen LogP contribution is -2.27. The lowest BCUT2D eigenvalue weighted by molar-refractivity contribution is -0.116. The highest BCUT2D eigenvalue weighted by Crippen LogP contribution is 2.26. The zero-order valence-corrected chi connectivity index (χ0v) is 13.4. The summed E-state index contributed by atoms with van der Waals surface area (Å²) in [5.41, 5.74) is 1.13. The molecule has 0 aromatic heterocycles. The van der Waals surface area contributed by atoms with Crippen LogP contribution in [-0.2, 0) is 4.79 Å². The number of alkyl halides is 1. The molecule has 1 N–H and O–H groups in total. The highest BCUT2D eigenvalue weighted by Gasteiger charge is 2.20. The molecule has 1 aliphatic rings. The van der Waals surface area contributed by atoms with Crippen molar-refractivity contribution in [3.05, 3.63) is 24.0 Å². The van der Waals surface area contributed by atoms with Crippen LogP contribution in [0.2, 0.25) is 0 Å². The molecule has 20 heavy (non-hydrogen) atoms. The van der Waals surface area contributed by atoms with Gasteiger partial charge in [-0.15, -0.1) is 0 Å². The molecule has 1 aromatic rings. The van der Waals surface area contributed by atoms with Gasteiger partial charge in [0.1, 0.15) is 5.82 Å². The highest BCUT2D eigenvalue weighted by molar-refractivity contribution is 9.10. The van der Waals surface area contributed by atoms with Crippen LogP contribution >= 0.6 is 15.9 Å². The van der Waals surface area contributed by atoms with Crippen LogP contribution in [0.15, 0.2) is 18.2 Å². The van der Waals surface area contributed by atoms with Crippen LogP contribution in [0.5, 0.6) is 0 Å². The average molecular weight is 343 g/mol. The van der Waals surface area contributed by atoms with E-state index in [0.29, 0.717) is 11.4 Å². The fourth-order valence-corrected chi connectivity index (χ4v) is 2.43. The van der Waals surface area contributed by atoms with Gasteiger partial charge in [-0.1, -0.05) is 29.8 Å². The summed E-state index contributed by atoms with van der Waals surface area (Å²) in [6.45, 7) is 5.71. The summed E-state index contributed by atoms with van der Waals surface area (Å²) in [7, 11) is 0. The van der Waals surface area contributed by atoms with Gasteiger partial charge in [0.05, 0.1) is 10.5 Å². The Morgan fingerprint density at radius 1 is 1.35 bits per heavy atom. The minimum absolute atomic E-state index is 0.145. The first kappa shape index (κ1) is 15.3. The molecule has 1 atom stereocenters. The Morgan fingerprint density at radius 2 is 2.00 bits per heavy atom. The van der Waals surface area contributed by atoms with Crippen LogP contribution in [-0.4, -0.2) is 23.8 Å². The van der Waals surface area contributed by atoms with E-state index in [9.17, 15) is 9.18 Å². The van der Waals surface area contributed by atoms with Crippen molar-refractivity contribution in [1.82, 2.24) is 0 Å². The normalized spacial score (nSPS) is 16.6. The molecule has 1 fully saturated rings. The molecule has 0 radical (unpaired) electrons. The number of hydrogen-bond acceptors (Lipinski definition) is 2. The van der Waals surface area contributed by atoms with E-state index < -0.39 is 0 Å². The van der Waals surface area contributed by atoms with Crippen LogP contribution in [0.4, 0.5) is 15.8 Å². The predicted octanol–water partition coefficient (Wildman–Crippen LogP) is 3.78. The first-order chi connectivity index (χ1) is 9.49. The molecule has 2 rings (SSSR count). The molecule has 110 valence electrons. The Hall–Kier alpha value is -1.10. The van der Waals surface area contributed by atoms with Gasteiger partial charge in [0.25, 0.3) is 0 Å². The number of benzene rings is 1. The molecular formula is C15H20BrFN2O. The maximum Gasteiger partial charge on any atom is 0.238 e. The van der Waals surface area contributed by atoms with E-state index in [4.69, 9.17) is 0 Å². The van der Waals surface area contributed by atoms with E-state index in [-0.39, 0.29) is 22.5 Å². The summed E-state index contributed by atoms with van der Waals surface area (Å²) in [5.74, 6) is -0.239. The third-order valence-electron chi connectivity index (χ3n) is 3.50. The maximum atomic E-state index is 14.1. The van der Waals surface area contributed by atoms with Crippen LogP contribution in [0.25, 0.3) is 0 Å². The van der Waals surface area contributed by atoms with Crippen molar-refractivity contribution in [2.45, 2.75) is 31.5 Å². The molecule has 0 bridgehead atoms. The first-order valence-corrected chi connectivity index (χ1v) is 7.90. The van der Waals surface area contributed by atoms with Gasteiger partial charge in [-0.2, -0.15) is 0 Å². The van der Waals surface area contributed by atoms with Gasteiger partial charge in [0.2, 0.25) is 5.91 Å². The second-order valence-electron chi connectivity index (χ2n) is 5.50. The maximum absolute atomic E-state index is 14.1. The number of anilines is 2. The van der Waals surface area contributed by atoms with E-state index in [1.165, 1.54) is 6.07 Å². The van der Waals surface area contributed by atoms with Crippen molar-refractivity contribution in [1.29, 1.82) is 0 Å². The Kier molecular flexibility index (Phi) is 5.02. The van der Waals surface area contributed by atoms with E-state index >= 15 is 0 Å². The molecule has 0 aliphatic carbocycles. The summed E-state index contributed by atoms with van der Waals surface area (Å²) in [4.78, 5) is 13.7. The Bertz CT molecular complexity index is 487. The number of carbonyl (C=O) groups excluding carboxylic acids is 1. The van der Waals surface area contributed by atoms with E-state index in [1.807, 2.05) is 18.7 Å². The van der Waals surface area contributed by atoms with Crippen molar-refractivity contribution in [3.63, 3.8) is 0 Å². The fraction of sp³-hybridized carbons (Fsp3) is 0.533. The first-order valence-electron chi connectivity index (χ1n) is 6.98. The van der Waals surface area contributed by atoms with E-state index in [2.05, 4.69) is 21.2 Å². The second kappa shape index (κ2) is 6.57. The second-order valence-corrected chi connectivity index (χ2v) is 6.48. The Morgan fingerprint density at radius 3 is 2.55 bits per heavy atom. The summed E-state index contributed by atoms with van der Waals surface area (Å²) in [5, 5.41) is 2.74. The van der Waals surface area contributed by atoms with Crippen molar-refractivity contribution in [3.8, 4) is 0 Å². The quantitative estimate of drug-likeness (QED) is 0.844. The van der Waals surface area contributed by atoms with Crippen molar-refractivity contribution in [2.24, 2.45) is 5.92 Å². The zero-order chi connectivity index (χ0) is 14.7. The molecule has 1 aromatic carbocycles. The number of hydrogen-bond donors (Lipinski definition) is 1. The highest BCUT2D eigenvalue weighted by atomic mass is 79.9. The van der Waals surface area contributed by atoms with Gasteiger partial charge in [-0.25, -0.2) is 4.39 Å². The third kappa shape index (κ3) is 3.51. The van der Waals surface area contributed by atoms with Crippen LogP contribution in [0, 0.1) is 11.7 Å². The van der Waals surface area contributed by atoms with E-state index in [1.54, 1.807) is 12.1 Å². The predicted molar refractivity (Wildman–Crippen MR) is 84.0 cm³/mol. The van der Waals surface area contributed by atoms with Crippen molar-refractivity contribution < 1.29 is 9.18 Å². The minimum atomic E-state index is -0.277. The van der Waals surface area contributed by atoms with Crippen LogP contribution in [0.3, 0.4) is 0 Å². The molecule has 1 aliphatic heterocycles. The minimum Gasteiger partial charge on any atom is -0.369 e. The number of rotatable bonds is 4. The molecule has 0 saturated carbocycles. The van der Waals surface area contributed by atoms with E-state index in [0.717, 1.165) is 25.9 Å². The molecule has 1 heterocycles. The number of nitrogens with one attached hydrogen (secondary N) is 1. The largest absolute Gasteiger partial charge is 0.369 e. The van der Waals surface area contributed by atoms with Gasteiger partial charge >= 0.3 is 0 Å². The molecular weight excluding hydrogens is 323 g/mol. The monoisotopic (exact) mass is 342 g/mol. The summed E-state index contributed by atoms with van der Waals surface area (Å²) in [6, 6.07) is 4.90. The third-order valence-corrected chi connectivity index (χ3v) is 4.97. The summed E-state index contributed by atoms with van der Waals surface area (Å²) < 4.78 is 14.1. The molecule has 1 saturated heterocycles. The Balaban J connectivity index is 2.07. The SMILES string of the molecule is CC(C)C(Br)C(=O)Nc1ccc(N2CCCC2)c(F)c1. The molecule has 1 amide bonds. The van der Waals surface area contributed by atoms with Gasteiger partial charge in [-0.3, -0.25) is 4.79 Å². The summed E-state index contributed by atoms with van der Waals surface area (Å²) >= 11 is 3.34. The number of carbonyl (C=O) groups is 1. The zero-order valence-electron chi connectivity index (χ0n) is 11.8. The lowest BCUT2D eigenvalue weighted by Gasteiger charge is -2.19. The number of halogens is 2. The Labute approximate surface area is 127 Å². The van der Waals surface area contributed by atoms with Gasteiger partial charge in [0.15, 0.2) is 0 Å². The number of amides is 1. The van der Waals surface area contributed by atoms with Gasteiger partial charge in [0, 0.05) is 18.8 Å². The van der Waals surface area contributed by atoms with Crippen molar-refractivity contribution in [2.75, 3.05) is 23.3 Å². The molecule has 0 spiro atoms. The van der Waals surface area contributed by atoms with Crippen molar-refractivity contribution >= 4 is 33.2 Å². The lowest BCUT2D eigenvalue weighted by atomic mass is 10.1. The topological polar surface area (TPSA) is 32.3 Å². The van der Waals surface area contributed by atoms with Gasteiger partial charge in [-0.05, 0) is 37.0 Å². The summed E-state index contributed by atoms with van der Waals surface area (Å²) in [6.07, 6.45) is 2.22.